The molecule has 0 saturated carbocycles. The van der Waals surface area contributed by atoms with Gasteiger partial charge in [0.15, 0.2) is 0 Å². The van der Waals surface area contributed by atoms with Crippen LogP contribution in [0.3, 0.4) is 0 Å². The van der Waals surface area contributed by atoms with Crippen molar-refractivity contribution < 1.29 is 9.66 Å². The van der Waals surface area contributed by atoms with E-state index in [1.54, 1.807) is 23.5 Å². The van der Waals surface area contributed by atoms with Crippen molar-refractivity contribution >= 4 is 27.2 Å². The number of ether oxygens (including phenoxy) is 1. The summed E-state index contributed by atoms with van der Waals surface area (Å²) in [4.78, 5) is 14.6. The summed E-state index contributed by atoms with van der Waals surface area (Å²) in [5, 5.41) is 11.4. The highest BCUT2D eigenvalue weighted by atomic mass is 32.1. The van der Waals surface area contributed by atoms with Crippen molar-refractivity contribution in [3.63, 3.8) is 0 Å². The van der Waals surface area contributed by atoms with Crippen LogP contribution in [-0.2, 0) is 6.61 Å². The third kappa shape index (κ3) is 2.60. The van der Waals surface area contributed by atoms with E-state index in [1.165, 1.54) is 12.1 Å². The van der Waals surface area contributed by atoms with E-state index in [1.807, 2.05) is 24.3 Å². The third-order valence-electron chi connectivity index (χ3n) is 2.75. The number of aromatic nitrogens is 1. The summed E-state index contributed by atoms with van der Waals surface area (Å²) >= 11 is 1.58. The normalized spacial score (nSPS) is 10.6. The quantitative estimate of drug-likeness (QED) is 0.540. The van der Waals surface area contributed by atoms with E-state index in [9.17, 15) is 10.1 Å². The first-order valence-corrected chi connectivity index (χ1v) is 6.76. The molecular formula is C14H10N2O3S. The second-order valence-electron chi connectivity index (χ2n) is 4.12. The van der Waals surface area contributed by atoms with Gasteiger partial charge in [-0.1, -0.05) is 12.1 Å². The van der Waals surface area contributed by atoms with Crippen LogP contribution in [0.15, 0.2) is 48.5 Å². The van der Waals surface area contributed by atoms with Gasteiger partial charge in [0.1, 0.15) is 17.4 Å². The van der Waals surface area contributed by atoms with Crippen LogP contribution in [0.1, 0.15) is 5.01 Å². The molecule has 0 amide bonds. The lowest BCUT2D eigenvalue weighted by Gasteiger charge is -2.02. The summed E-state index contributed by atoms with van der Waals surface area (Å²) in [7, 11) is 0. The Morgan fingerprint density at radius 2 is 1.90 bits per heavy atom. The van der Waals surface area contributed by atoms with Crippen molar-refractivity contribution in [2.24, 2.45) is 0 Å². The van der Waals surface area contributed by atoms with Gasteiger partial charge in [0.05, 0.1) is 15.1 Å². The number of nitro benzene ring substituents is 1. The highest BCUT2D eigenvalue weighted by molar-refractivity contribution is 7.18. The third-order valence-corrected chi connectivity index (χ3v) is 3.76. The van der Waals surface area contributed by atoms with E-state index >= 15 is 0 Å². The Balaban J connectivity index is 1.71. The van der Waals surface area contributed by atoms with Gasteiger partial charge in [-0.05, 0) is 24.3 Å². The van der Waals surface area contributed by atoms with Gasteiger partial charge in [0.25, 0.3) is 5.69 Å². The number of rotatable bonds is 4. The SMILES string of the molecule is O=[N+]([O-])c1ccc(OCc2nc3ccccc3s2)cc1. The molecular weight excluding hydrogens is 276 g/mol. The molecule has 6 heteroatoms. The standard InChI is InChI=1S/C14H10N2O3S/c17-16(18)10-5-7-11(8-6-10)19-9-14-15-12-3-1-2-4-13(12)20-14/h1-8H,9H2. The number of nitrogens with zero attached hydrogens (tertiary/aromatic N) is 2. The molecule has 0 aliphatic carbocycles. The Morgan fingerprint density at radius 1 is 1.15 bits per heavy atom. The summed E-state index contributed by atoms with van der Waals surface area (Å²) in [5.41, 5.74) is 1.01. The fraction of sp³-hybridized carbons (Fsp3) is 0.0714. The zero-order chi connectivity index (χ0) is 13.9. The first-order chi connectivity index (χ1) is 9.72. The van der Waals surface area contributed by atoms with E-state index in [4.69, 9.17) is 4.74 Å². The predicted molar refractivity (Wildman–Crippen MR) is 77.0 cm³/mol. The molecule has 20 heavy (non-hydrogen) atoms. The molecule has 0 unspecified atom stereocenters. The maximum absolute atomic E-state index is 10.5. The molecule has 1 heterocycles. The average molecular weight is 286 g/mol. The molecule has 0 aliphatic heterocycles. The van der Waals surface area contributed by atoms with Gasteiger partial charge >= 0.3 is 0 Å². The first kappa shape index (κ1) is 12.6. The van der Waals surface area contributed by atoms with Crippen LogP contribution in [-0.4, -0.2) is 9.91 Å². The fourth-order valence-electron chi connectivity index (χ4n) is 1.79. The van der Waals surface area contributed by atoms with E-state index in [0.29, 0.717) is 12.4 Å². The summed E-state index contributed by atoms with van der Waals surface area (Å²) in [6.07, 6.45) is 0. The van der Waals surface area contributed by atoms with Crippen LogP contribution < -0.4 is 4.74 Å². The lowest BCUT2D eigenvalue weighted by Crippen LogP contribution is -1.95. The molecule has 0 fully saturated rings. The van der Waals surface area contributed by atoms with Gasteiger partial charge in [-0.3, -0.25) is 10.1 Å². The number of nitro groups is 1. The summed E-state index contributed by atoms with van der Waals surface area (Å²) < 4.78 is 6.70. The fourth-order valence-corrected chi connectivity index (χ4v) is 2.67. The monoisotopic (exact) mass is 286 g/mol. The van der Waals surface area contributed by atoms with E-state index in [2.05, 4.69) is 4.98 Å². The van der Waals surface area contributed by atoms with Crippen LogP contribution in [0.2, 0.25) is 0 Å². The molecule has 3 rings (SSSR count). The molecule has 0 saturated heterocycles. The molecule has 3 aromatic rings. The largest absolute Gasteiger partial charge is 0.486 e. The number of para-hydroxylation sites is 1. The number of hydrogen-bond acceptors (Lipinski definition) is 5. The van der Waals surface area contributed by atoms with Crippen molar-refractivity contribution in [3.05, 3.63) is 63.7 Å². The Labute approximate surface area is 118 Å². The van der Waals surface area contributed by atoms with Crippen LogP contribution in [0.25, 0.3) is 10.2 Å². The minimum atomic E-state index is -0.433. The molecule has 0 spiro atoms. The van der Waals surface area contributed by atoms with Crippen molar-refractivity contribution in [1.29, 1.82) is 0 Å². The van der Waals surface area contributed by atoms with Gasteiger partial charge in [-0.15, -0.1) is 11.3 Å². The van der Waals surface area contributed by atoms with Gasteiger partial charge in [0, 0.05) is 12.1 Å². The van der Waals surface area contributed by atoms with Crippen molar-refractivity contribution in [3.8, 4) is 5.75 Å². The first-order valence-electron chi connectivity index (χ1n) is 5.94. The number of thiazole rings is 1. The highest BCUT2D eigenvalue weighted by Gasteiger charge is 2.06. The molecule has 0 aliphatic rings. The summed E-state index contributed by atoms with van der Waals surface area (Å²) in [6.45, 7) is 0.358. The molecule has 0 atom stereocenters. The zero-order valence-corrected chi connectivity index (χ0v) is 11.2. The second kappa shape index (κ2) is 5.26. The van der Waals surface area contributed by atoms with E-state index in [0.717, 1.165) is 15.2 Å². The minimum Gasteiger partial charge on any atom is -0.486 e. The molecule has 2 aromatic carbocycles. The molecule has 0 radical (unpaired) electrons. The molecule has 100 valence electrons. The topological polar surface area (TPSA) is 65.3 Å². The number of benzene rings is 2. The minimum absolute atomic E-state index is 0.0531. The van der Waals surface area contributed by atoms with E-state index in [-0.39, 0.29) is 5.69 Å². The molecule has 1 aromatic heterocycles. The van der Waals surface area contributed by atoms with Gasteiger partial charge in [0.2, 0.25) is 0 Å². The van der Waals surface area contributed by atoms with Gasteiger partial charge in [-0.25, -0.2) is 4.98 Å². The molecule has 5 nitrogen and oxygen atoms in total. The lowest BCUT2D eigenvalue weighted by atomic mass is 10.3. The number of non-ortho nitro benzene ring substituents is 1. The Morgan fingerprint density at radius 3 is 2.60 bits per heavy atom. The van der Waals surface area contributed by atoms with Crippen LogP contribution in [0.5, 0.6) is 5.75 Å². The van der Waals surface area contributed by atoms with Crippen LogP contribution in [0, 0.1) is 10.1 Å². The Kier molecular flexibility index (Phi) is 3.30. The lowest BCUT2D eigenvalue weighted by molar-refractivity contribution is -0.384. The second-order valence-corrected chi connectivity index (χ2v) is 5.23. The Hall–Kier alpha value is -2.47. The maximum Gasteiger partial charge on any atom is 0.269 e. The van der Waals surface area contributed by atoms with Crippen LogP contribution in [0.4, 0.5) is 5.69 Å². The number of fused-ring (bicyclic) bond motifs is 1. The highest BCUT2D eigenvalue weighted by Crippen LogP contribution is 2.23. The summed E-state index contributed by atoms with van der Waals surface area (Å²) in [5.74, 6) is 0.592. The average Bonchev–Trinajstić information content (AvgIpc) is 2.88. The molecule has 0 N–H and O–H groups in total. The van der Waals surface area contributed by atoms with Gasteiger partial charge in [-0.2, -0.15) is 0 Å². The van der Waals surface area contributed by atoms with Gasteiger partial charge < -0.3 is 4.74 Å². The maximum atomic E-state index is 10.5. The van der Waals surface area contributed by atoms with Crippen molar-refractivity contribution in [2.75, 3.05) is 0 Å². The van der Waals surface area contributed by atoms with Crippen molar-refractivity contribution in [1.82, 2.24) is 4.98 Å². The van der Waals surface area contributed by atoms with Crippen LogP contribution >= 0.6 is 11.3 Å². The number of hydrogen-bond donors (Lipinski definition) is 0. The smallest absolute Gasteiger partial charge is 0.269 e. The zero-order valence-electron chi connectivity index (χ0n) is 10.4. The Bertz CT molecular complexity index is 719. The van der Waals surface area contributed by atoms with E-state index < -0.39 is 4.92 Å². The van der Waals surface area contributed by atoms with Crippen molar-refractivity contribution in [2.45, 2.75) is 6.61 Å². The molecule has 0 bridgehead atoms. The predicted octanol–water partition coefficient (Wildman–Crippen LogP) is 3.78. The summed E-state index contributed by atoms with van der Waals surface area (Å²) in [6, 6.07) is 13.9.